The summed E-state index contributed by atoms with van der Waals surface area (Å²) < 4.78 is 0. The van der Waals surface area contributed by atoms with Gasteiger partial charge in [0.05, 0.1) is 12.2 Å². The maximum atomic E-state index is 8.63. The van der Waals surface area contributed by atoms with Crippen LogP contribution in [-0.4, -0.2) is 22.4 Å². The Morgan fingerprint density at radius 1 is 0.615 bits per heavy atom. The van der Waals surface area contributed by atoms with Crippen LogP contribution in [0.5, 0.6) is 0 Å². The van der Waals surface area contributed by atoms with Crippen molar-refractivity contribution in [1.82, 2.24) is 0 Å². The van der Waals surface area contributed by atoms with Gasteiger partial charge in [-0.1, -0.05) is 27.7 Å². The van der Waals surface area contributed by atoms with Gasteiger partial charge in [-0.2, -0.15) is 0 Å². The second-order valence-electron chi connectivity index (χ2n) is 3.97. The SMILES string of the molecule is CC(C)C(C)O.CC(C)C(C)O.[Cu]. The normalized spacial score (nSPS) is 14.3. The van der Waals surface area contributed by atoms with Crippen LogP contribution >= 0.6 is 0 Å². The molecule has 0 aliphatic rings. The molecular weight excluding hydrogens is 216 g/mol. The quantitative estimate of drug-likeness (QED) is 0.725. The number of hydrogen-bond acceptors (Lipinski definition) is 2. The molecule has 0 saturated carbocycles. The Kier molecular flexibility index (Phi) is 15.4. The predicted octanol–water partition coefficient (Wildman–Crippen LogP) is 2.04. The number of aliphatic hydroxyl groups is 2. The van der Waals surface area contributed by atoms with Crippen molar-refractivity contribution in [2.45, 2.75) is 53.8 Å². The molecule has 0 aromatic heterocycles. The van der Waals surface area contributed by atoms with Crippen molar-refractivity contribution in [3.63, 3.8) is 0 Å². The van der Waals surface area contributed by atoms with E-state index in [9.17, 15) is 0 Å². The standard InChI is InChI=1S/2C5H12O.Cu/c2*1-4(2)5(3)6;/h2*4-6H,1-3H3;. The average molecular weight is 240 g/mol. The Bertz CT molecular complexity index is 66.9. The summed E-state index contributed by atoms with van der Waals surface area (Å²) in [6, 6.07) is 0. The van der Waals surface area contributed by atoms with Gasteiger partial charge in [0.2, 0.25) is 0 Å². The molecule has 0 aliphatic carbocycles. The van der Waals surface area contributed by atoms with Crippen LogP contribution in [0.15, 0.2) is 0 Å². The van der Waals surface area contributed by atoms with Crippen molar-refractivity contribution in [2.24, 2.45) is 11.8 Å². The minimum absolute atomic E-state index is 0. The van der Waals surface area contributed by atoms with Crippen molar-refractivity contribution in [3.8, 4) is 0 Å². The first kappa shape index (κ1) is 19.1. The zero-order valence-electron chi connectivity index (χ0n) is 9.51. The van der Waals surface area contributed by atoms with Gasteiger partial charge < -0.3 is 10.2 Å². The van der Waals surface area contributed by atoms with Gasteiger partial charge in [0, 0.05) is 17.1 Å². The van der Waals surface area contributed by atoms with E-state index in [0.29, 0.717) is 11.8 Å². The van der Waals surface area contributed by atoms with Crippen LogP contribution in [0.4, 0.5) is 0 Å². The van der Waals surface area contributed by atoms with Crippen molar-refractivity contribution in [3.05, 3.63) is 0 Å². The van der Waals surface area contributed by atoms with E-state index >= 15 is 0 Å². The summed E-state index contributed by atoms with van der Waals surface area (Å²) in [6.45, 7) is 11.6. The molecule has 2 nitrogen and oxygen atoms in total. The molecule has 0 spiro atoms. The molecule has 0 heterocycles. The maximum Gasteiger partial charge on any atom is 0.0535 e. The van der Waals surface area contributed by atoms with Crippen LogP contribution in [0, 0.1) is 11.8 Å². The third-order valence-corrected chi connectivity index (χ3v) is 1.93. The van der Waals surface area contributed by atoms with E-state index in [0.717, 1.165) is 0 Å². The molecule has 0 fully saturated rings. The van der Waals surface area contributed by atoms with E-state index in [1.165, 1.54) is 0 Å². The Balaban J connectivity index is -0.000000143. The Morgan fingerprint density at radius 2 is 0.692 bits per heavy atom. The van der Waals surface area contributed by atoms with Crippen LogP contribution < -0.4 is 0 Å². The van der Waals surface area contributed by atoms with Gasteiger partial charge in [0.1, 0.15) is 0 Å². The second kappa shape index (κ2) is 10.5. The largest absolute Gasteiger partial charge is 0.393 e. The molecule has 3 heteroatoms. The molecule has 0 aromatic carbocycles. The summed E-state index contributed by atoms with van der Waals surface area (Å²) in [6.07, 6.45) is -0.296. The minimum Gasteiger partial charge on any atom is -0.393 e. The monoisotopic (exact) mass is 239 g/mol. The molecule has 2 atom stereocenters. The van der Waals surface area contributed by atoms with Gasteiger partial charge in [0.25, 0.3) is 0 Å². The van der Waals surface area contributed by atoms with Gasteiger partial charge >= 0.3 is 0 Å². The number of rotatable bonds is 2. The van der Waals surface area contributed by atoms with Crippen molar-refractivity contribution in [2.75, 3.05) is 0 Å². The first-order chi connectivity index (χ1) is 5.29. The predicted molar refractivity (Wildman–Crippen MR) is 53.0 cm³/mol. The smallest absolute Gasteiger partial charge is 0.0535 e. The van der Waals surface area contributed by atoms with Crippen LogP contribution in [0.2, 0.25) is 0 Å². The van der Waals surface area contributed by atoms with Crippen molar-refractivity contribution in [1.29, 1.82) is 0 Å². The van der Waals surface area contributed by atoms with E-state index in [2.05, 4.69) is 0 Å². The minimum atomic E-state index is -0.148. The van der Waals surface area contributed by atoms with E-state index < -0.39 is 0 Å². The average Bonchev–Trinajstić information content (AvgIpc) is 1.88. The topological polar surface area (TPSA) is 40.5 Å². The summed E-state index contributed by atoms with van der Waals surface area (Å²) in [7, 11) is 0. The molecule has 1 radical (unpaired) electrons. The molecule has 0 saturated heterocycles. The maximum absolute atomic E-state index is 8.63. The van der Waals surface area contributed by atoms with Crippen LogP contribution in [0.1, 0.15) is 41.5 Å². The Labute approximate surface area is 93.2 Å². The molecule has 0 rings (SSSR count). The molecule has 2 N–H and O–H groups in total. The van der Waals surface area contributed by atoms with E-state index in [-0.39, 0.29) is 29.3 Å². The zero-order chi connectivity index (χ0) is 10.3. The third-order valence-electron chi connectivity index (χ3n) is 1.93. The summed E-state index contributed by atoms with van der Waals surface area (Å²) in [5.41, 5.74) is 0. The second-order valence-corrected chi connectivity index (χ2v) is 3.97. The van der Waals surface area contributed by atoms with E-state index in [4.69, 9.17) is 10.2 Å². The fourth-order valence-corrected chi connectivity index (χ4v) is 0. The molecule has 13 heavy (non-hydrogen) atoms. The fourth-order valence-electron chi connectivity index (χ4n) is 0. The first-order valence-corrected chi connectivity index (χ1v) is 4.65. The van der Waals surface area contributed by atoms with Gasteiger partial charge in [-0.25, -0.2) is 0 Å². The van der Waals surface area contributed by atoms with Crippen LogP contribution in [0.25, 0.3) is 0 Å². The summed E-state index contributed by atoms with van der Waals surface area (Å²) in [5.74, 6) is 0.815. The molecule has 2 unspecified atom stereocenters. The van der Waals surface area contributed by atoms with Gasteiger partial charge in [-0.15, -0.1) is 0 Å². The molecule has 0 bridgehead atoms. The molecular formula is C10H24CuO2. The van der Waals surface area contributed by atoms with E-state index in [1.54, 1.807) is 13.8 Å². The van der Waals surface area contributed by atoms with Crippen molar-refractivity contribution < 1.29 is 27.3 Å². The van der Waals surface area contributed by atoms with Crippen LogP contribution in [-0.2, 0) is 17.1 Å². The molecule has 0 aromatic rings. The molecule has 0 amide bonds. The molecule has 0 aliphatic heterocycles. The summed E-state index contributed by atoms with van der Waals surface area (Å²) in [5, 5.41) is 17.3. The Hall–Kier alpha value is 0.439. The first-order valence-electron chi connectivity index (χ1n) is 4.65. The summed E-state index contributed by atoms with van der Waals surface area (Å²) >= 11 is 0. The molecule has 87 valence electrons. The summed E-state index contributed by atoms with van der Waals surface area (Å²) in [4.78, 5) is 0. The third kappa shape index (κ3) is 19.0. The van der Waals surface area contributed by atoms with Gasteiger partial charge in [-0.3, -0.25) is 0 Å². The Morgan fingerprint density at radius 3 is 0.692 bits per heavy atom. The zero-order valence-corrected chi connectivity index (χ0v) is 10.4. The number of hydrogen-bond donors (Lipinski definition) is 2. The number of aliphatic hydroxyl groups excluding tert-OH is 2. The van der Waals surface area contributed by atoms with Gasteiger partial charge in [0.15, 0.2) is 0 Å². The van der Waals surface area contributed by atoms with E-state index in [1.807, 2.05) is 27.7 Å². The van der Waals surface area contributed by atoms with Crippen molar-refractivity contribution >= 4 is 0 Å². The van der Waals surface area contributed by atoms with Gasteiger partial charge in [-0.05, 0) is 25.7 Å². The van der Waals surface area contributed by atoms with Crippen LogP contribution in [0.3, 0.4) is 0 Å². The fraction of sp³-hybridized carbons (Fsp3) is 1.00.